The quantitative estimate of drug-likeness (QED) is 0.733. The molecule has 0 aliphatic rings. The summed E-state index contributed by atoms with van der Waals surface area (Å²) in [6, 6.07) is 15.8. The van der Waals surface area contributed by atoms with E-state index in [9.17, 15) is 4.79 Å². The van der Waals surface area contributed by atoms with Crippen LogP contribution in [0.2, 0.25) is 0 Å². The van der Waals surface area contributed by atoms with Crippen molar-refractivity contribution in [2.45, 2.75) is 26.4 Å². The molecule has 0 aromatic heterocycles. The van der Waals surface area contributed by atoms with Gasteiger partial charge in [-0.1, -0.05) is 36.4 Å². The molecule has 4 heteroatoms. The topological polar surface area (TPSA) is 50.4 Å². The van der Waals surface area contributed by atoms with Gasteiger partial charge in [0.15, 0.2) is 0 Å². The SMILES string of the molecule is CNCCCC(=O)Nc1ccc(C)cc1OCc1ccccc1. The molecule has 2 rings (SSSR count). The first-order valence-corrected chi connectivity index (χ1v) is 7.91. The van der Waals surface area contributed by atoms with Gasteiger partial charge in [0.2, 0.25) is 5.91 Å². The molecule has 2 aromatic carbocycles. The van der Waals surface area contributed by atoms with Crippen LogP contribution in [0.5, 0.6) is 5.75 Å². The zero-order valence-electron chi connectivity index (χ0n) is 13.8. The maximum Gasteiger partial charge on any atom is 0.224 e. The molecule has 0 unspecified atom stereocenters. The first kappa shape index (κ1) is 17.0. The Balaban J connectivity index is 2.00. The molecule has 0 bridgehead atoms. The highest BCUT2D eigenvalue weighted by atomic mass is 16.5. The highest BCUT2D eigenvalue weighted by Crippen LogP contribution is 2.27. The van der Waals surface area contributed by atoms with Crippen molar-refractivity contribution in [1.82, 2.24) is 5.32 Å². The molecule has 0 radical (unpaired) electrons. The Labute approximate surface area is 137 Å². The van der Waals surface area contributed by atoms with Gasteiger partial charge in [-0.05, 0) is 50.2 Å². The van der Waals surface area contributed by atoms with Crippen molar-refractivity contribution in [2.24, 2.45) is 0 Å². The molecule has 0 heterocycles. The van der Waals surface area contributed by atoms with Crippen molar-refractivity contribution in [3.8, 4) is 5.75 Å². The van der Waals surface area contributed by atoms with Gasteiger partial charge in [-0.15, -0.1) is 0 Å². The van der Waals surface area contributed by atoms with Crippen molar-refractivity contribution >= 4 is 11.6 Å². The summed E-state index contributed by atoms with van der Waals surface area (Å²) >= 11 is 0. The van der Waals surface area contributed by atoms with Crippen molar-refractivity contribution < 1.29 is 9.53 Å². The highest BCUT2D eigenvalue weighted by Gasteiger charge is 2.08. The Hall–Kier alpha value is -2.33. The molecule has 0 saturated carbocycles. The molecule has 23 heavy (non-hydrogen) atoms. The summed E-state index contributed by atoms with van der Waals surface area (Å²) in [4.78, 5) is 12.0. The van der Waals surface area contributed by atoms with Gasteiger partial charge in [-0.3, -0.25) is 4.79 Å². The number of hydrogen-bond donors (Lipinski definition) is 2. The lowest BCUT2D eigenvalue weighted by Crippen LogP contribution is -2.15. The van der Waals surface area contributed by atoms with Crippen LogP contribution in [0.15, 0.2) is 48.5 Å². The molecule has 122 valence electrons. The monoisotopic (exact) mass is 312 g/mol. The van der Waals surface area contributed by atoms with E-state index in [1.165, 1.54) is 0 Å². The van der Waals surface area contributed by atoms with Gasteiger partial charge in [0.1, 0.15) is 12.4 Å². The zero-order valence-corrected chi connectivity index (χ0v) is 13.8. The molecule has 0 saturated heterocycles. The van der Waals surface area contributed by atoms with E-state index in [0.717, 1.165) is 29.8 Å². The van der Waals surface area contributed by atoms with E-state index < -0.39 is 0 Å². The molecule has 1 amide bonds. The van der Waals surface area contributed by atoms with Gasteiger partial charge in [-0.25, -0.2) is 0 Å². The summed E-state index contributed by atoms with van der Waals surface area (Å²) in [5.41, 5.74) is 2.92. The minimum absolute atomic E-state index is 0.00802. The largest absolute Gasteiger partial charge is 0.487 e. The van der Waals surface area contributed by atoms with E-state index in [1.54, 1.807) is 0 Å². The number of ether oxygens (including phenoxy) is 1. The third-order valence-electron chi connectivity index (χ3n) is 3.48. The molecule has 4 nitrogen and oxygen atoms in total. The first-order chi connectivity index (χ1) is 11.2. The smallest absolute Gasteiger partial charge is 0.224 e. The van der Waals surface area contributed by atoms with Crippen LogP contribution in [-0.4, -0.2) is 19.5 Å². The lowest BCUT2D eigenvalue weighted by Gasteiger charge is -2.13. The molecule has 0 fully saturated rings. The summed E-state index contributed by atoms with van der Waals surface area (Å²) in [5, 5.41) is 5.98. The number of hydrogen-bond acceptors (Lipinski definition) is 3. The number of aryl methyl sites for hydroxylation is 1. The Morgan fingerprint density at radius 2 is 1.91 bits per heavy atom. The Morgan fingerprint density at radius 1 is 1.13 bits per heavy atom. The Kier molecular flexibility index (Phi) is 6.63. The Bertz CT molecular complexity index is 627. The standard InChI is InChI=1S/C19H24N2O2/c1-15-10-11-17(21-19(22)9-6-12-20-2)18(13-15)23-14-16-7-4-3-5-8-16/h3-5,7-8,10-11,13,20H,6,9,12,14H2,1-2H3,(H,21,22). The van der Waals surface area contributed by atoms with E-state index in [2.05, 4.69) is 10.6 Å². The molecular formula is C19H24N2O2. The lowest BCUT2D eigenvalue weighted by atomic mass is 10.2. The maximum absolute atomic E-state index is 12.0. The molecule has 0 spiro atoms. The van der Waals surface area contributed by atoms with Crippen LogP contribution in [-0.2, 0) is 11.4 Å². The summed E-state index contributed by atoms with van der Waals surface area (Å²) in [5.74, 6) is 0.712. The third-order valence-corrected chi connectivity index (χ3v) is 3.48. The third kappa shape index (κ3) is 5.75. The highest BCUT2D eigenvalue weighted by molar-refractivity contribution is 5.92. The van der Waals surface area contributed by atoms with Crippen molar-refractivity contribution in [3.63, 3.8) is 0 Å². The number of amides is 1. The summed E-state index contributed by atoms with van der Waals surface area (Å²) < 4.78 is 5.90. The fourth-order valence-electron chi connectivity index (χ4n) is 2.23. The summed E-state index contributed by atoms with van der Waals surface area (Å²) in [6.07, 6.45) is 1.31. The summed E-state index contributed by atoms with van der Waals surface area (Å²) in [7, 11) is 1.88. The van der Waals surface area contributed by atoms with Gasteiger partial charge < -0.3 is 15.4 Å². The minimum atomic E-state index is 0.00802. The second-order valence-electron chi connectivity index (χ2n) is 5.53. The fraction of sp³-hybridized carbons (Fsp3) is 0.316. The molecule has 0 aliphatic carbocycles. The van der Waals surface area contributed by atoms with Crippen LogP contribution >= 0.6 is 0 Å². The van der Waals surface area contributed by atoms with E-state index in [4.69, 9.17) is 4.74 Å². The van der Waals surface area contributed by atoms with Crippen LogP contribution in [0.4, 0.5) is 5.69 Å². The molecular weight excluding hydrogens is 288 g/mol. The van der Waals surface area contributed by atoms with Gasteiger partial charge in [-0.2, -0.15) is 0 Å². The average Bonchev–Trinajstić information content (AvgIpc) is 2.56. The van der Waals surface area contributed by atoms with E-state index in [1.807, 2.05) is 62.5 Å². The second-order valence-corrected chi connectivity index (χ2v) is 5.53. The van der Waals surface area contributed by atoms with E-state index in [0.29, 0.717) is 18.8 Å². The molecule has 0 atom stereocenters. The fourth-order valence-corrected chi connectivity index (χ4v) is 2.23. The number of rotatable bonds is 8. The zero-order chi connectivity index (χ0) is 16.5. The van der Waals surface area contributed by atoms with E-state index in [-0.39, 0.29) is 5.91 Å². The summed E-state index contributed by atoms with van der Waals surface area (Å²) in [6.45, 7) is 3.32. The van der Waals surface area contributed by atoms with Crippen molar-refractivity contribution in [3.05, 3.63) is 59.7 Å². The van der Waals surface area contributed by atoms with Crippen LogP contribution < -0.4 is 15.4 Å². The van der Waals surface area contributed by atoms with Crippen LogP contribution in [0.1, 0.15) is 24.0 Å². The number of nitrogens with one attached hydrogen (secondary N) is 2. The molecule has 2 N–H and O–H groups in total. The number of anilines is 1. The van der Waals surface area contributed by atoms with Crippen molar-refractivity contribution in [2.75, 3.05) is 18.9 Å². The lowest BCUT2D eigenvalue weighted by molar-refractivity contribution is -0.116. The molecule has 0 aliphatic heterocycles. The van der Waals surface area contributed by atoms with E-state index >= 15 is 0 Å². The number of carbonyl (C=O) groups is 1. The maximum atomic E-state index is 12.0. The molecule has 2 aromatic rings. The van der Waals surface area contributed by atoms with Gasteiger partial charge in [0.05, 0.1) is 5.69 Å². The van der Waals surface area contributed by atoms with Crippen LogP contribution in [0, 0.1) is 6.92 Å². The van der Waals surface area contributed by atoms with Crippen LogP contribution in [0.25, 0.3) is 0 Å². The van der Waals surface area contributed by atoms with Gasteiger partial charge in [0, 0.05) is 6.42 Å². The normalized spacial score (nSPS) is 10.3. The predicted octanol–water partition coefficient (Wildman–Crippen LogP) is 3.51. The van der Waals surface area contributed by atoms with Gasteiger partial charge in [0.25, 0.3) is 0 Å². The first-order valence-electron chi connectivity index (χ1n) is 7.91. The predicted molar refractivity (Wildman–Crippen MR) is 93.7 cm³/mol. The minimum Gasteiger partial charge on any atom is -0.487 e. The average molecular weight is 312 g/mol. The number of carbonyl (C=O) groups excluding carboxylic acids is 1. The Morgan fingerprint density at radius 3 is 2.65 bits per heavy atom. The van der Waals surface area contributed by atoms with Gasteiger partial charge >= 0.3 is 0 Å². The van der Waals surface area contributed by atoms with Crippen LogP contribution in [0.3, 0.4) is 0 Å². The number of benzene rings is 2. The van der Waals surface area contributed by atoms with Crippen molar-refractivity contribution in [1.29, 1.82) is 0 Å². The second kappa shape index (κ2) is 8.96.